The first-order valence-electron chi connectivity index (χ1n) is 6.20. The van der Waals surface area contributed by atoms with Gasteiger partial charge in [0.2, 0.25) is 5.91 Å². The van der Waals surface area contributed by atoms with Crippen LogP contribution in [0.4, 0.5) is 0 Å². The van der Waals surface area contributed by atoms with Crippen LogP contribution in [0.25, 0.3) is 0 Å². The molecule has 5 heteroatoms. The number of carbonyl (C=O) groups excluding carboxylic acids is 1. The number of hydrogen-bond donors (Lipinski definition) is 3. The summed E-state index contributed by atoms with van der Waals surface area (Å²) in [5.41, 5.74) is 5.75. The lowest BCUT2D eigenvalue weighted by atomic mass is 9.86. The number of rotatable bonds is 4. The lowest BCUT2D eigenvalue weighted by Crippen LogP contribution is -2.48. The lowest BCUT2D eigenvalue weighted by Gasteiger charge is -2.28. The number of nitrogens with two attached hydrogens (primary N) is 1. The molecule has 0 aromatic carbocycles. The summed E-state index contributed by atoms with van der Waals surface area (Å²) in [6, 6.07) is -0.393. The van der Waals surface area contributed by atoms with E-state index in [2.05, 4.69) is 5.32 Å². The number of carboxylic acid groups (broad SMARTS) is 1. The average Bonchev–Trinajstić information content (AvgIpc) is 2.28. The Labute approximate surface area is 102 Å². The summed E-state index contributed by atoms with van der Waals surface area (Å²) in [6.07, 6.45) is 2.73. The average molecular weight is 242 g/mol. The molecule has 1 rings (SSSR count). The molecule has 4 N–H and O–H groups in total. The minimum Gasteiger partial charge on any atom is -0.481 e. The van der Waals surface area contributed by atoms with E-state index < -0.39 is 12.0 Å². The number of hydrogen-bond acceptors (Lipinski definition) is 3. The van der Waals surface area contributed by atoms with Gasteiger partial charge in [0.1, 0.15) is 0 Å². The fourth-order valence-corrected chi connectivity index (χ4v) is 2.08. The van der Waals surface area contributed by atoms with Crippen LogP contribution in [-0.4, -0.2) is 29.1 Å². The fourth-order valence-electron chi connectivity index (χ4n) is 2.08. The zero-order valence-corrected chi connectivity index (χ0v) is 10.5. The van der Waals surface area contributed by atoms with E-state index >= 15 is 0 Å². The van der Waals surface area contributed by atoms with Crippen LogP contribution in [0, 0.1) is 11.8 Å². The summed E-state index contributed by atoms with van der Waals surface area (Å²) in [5.74, 6) is -0.986. The molecule has 0 saturated heterocycles. The molecule has 98 valence electrons. The largest absolute Gasteiger partial charge is 0.481 e. The maximum atomic E-state index is 11.7. The van der Waals surface area contributed by atoms with E-state index in [0.717, 1.165) is 12.8 Å². The van der Waals surface area contributed by atoms with E-state index in [1.165, 1.54) is 0 Å². The summed E-state index contributed by atoms with van der Waals surface area (Å²) in [5, 5.41) is 11.8. The van der Waals surface area contributed by atoms with Crippen molar-refractivity contribution in [1.82, 2.24) is 5.32 Å². The van der Waals surface area contributed by atoms with Crippen molar-refractivity contribution in [3.63, 3.8) is 0 Å². The number of carbonyl (C=O) groups is 2. The van der Waals surface area contributed by atoms with Crippen LogP contribution >= 0.6 is 0 Å². The smallest absolute Gasteiger partial charge is 0.306 e. The van der Waals surface area contributed by atoms with Crippen molar-refractivity contribution >= 4 is 11.9 Å². The predicted molar refractivity (Wildman–Crippen MR) is 64.3 cm³/mol. The summed E-state index contributed by atoms with van der Waals surface area (Å²) in [7, 11) is 0. The third-order valence-electron chi connectivity index (χ3n) is 3.44. The maximum Gasteiger partial charge on any atom is 0.306 e. The predicted octanol–water partition coefficient (Wildman–Crippen LogP) is 0.729. The van der Waals surface area contributed by atoms with Crippen LogP contribution in [-0.2, 0) is 9.59 Å². The van der Waals surface area contributed by atoms with E-state index in [-0.39, 0.29) is 23.8 Å². The first kappa shape index (κ1) is 14.0. The molecule has 5 nitrogen and oxygen atoms in total. The van der Waals surface area contributed by atoms with Gasteiger partial charge in [-0.05, 0) is 31.6 Å². The van der Waals surface area contributed by atoms with Crippen molar-refractivity contribution in [2.75, 3.05) is 0 Å². The van der Waals surface area contributed by atoms with Crippen LogP contribution in [0.1, 0.15) is 39.5 Å². The van der Waals surface area contributed by atoms with Gasteiger partial charge in [-0.1, -0.05) is 13.8 Å². The van der Waals surface area contributed by atoms with Crippen molar-refractivity contribution in [1.29, 1.82) is 0 Å². The van der Waals surface area contributed by atoms with Crippen LogP contribution in [0.3, 0.4) is 0 Å². The Bertz CT molecular complexity index is 283. The number of nitrogens with one attached hydrogen (secondary N) is 1. The van der Waals surface area contributed by atoms with Gasteiger partial charge in [-0.2, -0.15) is 0 Å². The van der Waals surface area contributed by atoms with Gasteiger partial charge in [0.05, 0.1) is 12.0 Å². The van der Waals surface area contributed by atoms with Gasteiger partial charge in [0.25, 0.3) is 0 Å². The van der Waals surface area contributed by atoms with Crippen LogP contribution in [0.15, 0.2) is 0 Å². The standard InChI is InChI=1S/C12H22N2O3/c1-7(2)10(13)11(15)14-9-5-3-8(4-6-9)12(16)17/h7-10H,3-6,13H2,1-2H3,(H,14,15)(H,16,17)/t8?,9?,10-/m1/s1. The minimum atomic E-state index is -0.728. The van der Waals surface area contributed by atoms with Gasteiger partial charge in [0.15, 0.2) is 0 Å². The number of aliphatic carboxylic acids is 1. The van der Waals surface area contributed by atoms with Gasteiger partial charge in [0, 0.05) is 6.04 Å². The highest BCUT2D eigenvalue weighted by atomic mass is 16.4. The highest BCUT2D eigenvalue weighted by molar-refractivity contribution is 5.82. The van der Waals surface area contributed by atoms with E-state index in [9.17, 15) is 9.59 Å². The minimum absolute atomic E-state index is 0.0860. The van der Waals surface area contributed by atoms with E-state index in [0.29, 0.717) is 12.8 Å². The first-order chi connectivity index (χ1) is 7.91. The van der Waals surface area contributed by atoms with Gasteiger partial charge in [-0.25, -0.2) is 0 Å². The van der Waals surface area contributed by atoms with Gasteiger partial charge >= 0.3 is 5.97 Å². The molecule has 1 aliphatic rings. The van der Waals surface area contributed by atoms with Crippen molar-refractivity contribution in [3.05, 3.63) is 0 Å². The molecule has 0 aliphatic heterocycles. The molecule has 1 saturated carbocycles. The molecule has 1 fully saturated rings. The molecule has 0 heterocycles. The monoisotopic (exact) mass is 242 g/mol. The highest BCUT2D eigenvalue weighted by Crippen LogP contribution is 2.24. The van der Waals surface area contributed by atoms with Crippen molar-refractivity contribution in [2.45, 2.75) is 51.6 Å². The Morgan fingerprint density at radius 2 is 1.76 bits per heavy atom. The molecular weight excluding hydrogens is 220 g/mol. The molecule has 0 bridgehead atoms. The molecule has 0 radical (unpaired) electrons. The lowest BCUT2D eigenvalue weighted by molar-refractivity contribution is -0.142. The van der Waals surface area contributed by atoms with E-state index in [4.69, 9.17) is 10.8 Å². The topological polar surface area (TPSA) is 92.4 Å². The Hall–Kier alpha value is -1.10. The third kappa shape index (κ3) is 4.00. The molecule has 0 unspecified atom stereocenters. The summed E-state index contributed by atoms with van der Waals surface area (Å²) in [4.78, 5) is 22.5. The zero-order valence-electron chi connectivity index (χ0n) is 10.5. The van der Waals surface area contributed by atoms with Crippen LogP contribution in [0.5, 0.6) is 0 Å². The highest BCUT2D eigenvalue weighted by Gasteiger charge is 2.28. The SMILES string of the molecule is CC(C)[C@@H](N)C(=O)NC1CCC(C(=O)O)CC1. The Balaban J connectivity index is 2.35. The number of carboxylic acids is 1. The zero-order chi connectivity index (χ0) is 13.0. The Morgan fingerprint density at radius 3 is 2.18 bits per heavy atom. The molecule has 0 aromatic heterocycles. The second kappa shape index (κ2) is 6.00. The molecule has 1 atom stereocenters. The maximum absolute atomic E-state index is 11.7. The van der Waals surface area contributed by atoms with Crippen LogP contribution < -0.4 is 11.1 Å². The van der Waals surface area contributed by atoms with Crippen LogP contribution in [0.2, 0.25) is 0 Å². The van der Waals surface area contributed by atoms with Gasteiger partial charge < -0.3 is 16.2 Å². The van der Waals surface area contributed by atoms with Gasteiger partial charge in [-0.3, -0.25) is 9.59 Å². The molecule has 1 amide bonds. The fraction of sp³-hybridized carbons (Fsp3) is 0.833. The van der Waals surface area contributed by atoms with Gasteiger partial charge in [-0.15, -0.1) is 0 Å². The third-order valence-corrected chi connectivity index (χ3v) is 3.44. The van der Waals surface area contributed by atoms with E-state index in [1.54, 1.807) is 0 Å². The van der Waals surface area contributed by atoms with Crippen molar-refractivity contribution in [2.24, 2.45) is 17.6 Å². The Kier molecular flexibility index (Phi) is 4.93. The van der Waals surface area contributed by atoms with Crippen molar-refractivity contribution in [3.8, 4) is 0 Å². The molecule has 0 aromatic rings. The Morgan fingerprint density at radius 1 is 1.24 bits per heavy atom. The first-order valence-corrected chi connectivity index (χ1v) is 6.20. The second-order valence-electron chi connectivity index (χ2n) is 5.17. The second-order valence-corrected chi connectivity index (χ2v) is 5.17. The molecular formula is C12H22N2O3. The molecule has 17 heavy (non-hydrogen) atoms. The number of amides is 1. The quantitative estimate of drug-likeness (QED) is 0.677. The molecule has 1 aliphatic carbocycles. The normalized spacial score (nSPS) is 26.6. The summed E-state index contributed by atoms with van der Waals surface area (Å²) < 4.78 is 0. The summed E-state index contributed by atoms with van der Waals surface area (Å²) >= 11 is 0. The molecule has 0 spiro atoms. The summed E-state index contributed by atoms with van der Waals surface area (Å²) in [6.45, 7) is 3.82. The van der Waals surface area contributed by atoms with Crippen molar-refractivity contribution < 1.29 is 14.7 Å². The van der Waals surface area contributed by atoms with E-state index in [1.807, 2.05) is 13.8 Å².